The van der Waals surface area contributed by atoms with E-state index in [2.05, 4.69) is 0 Å². The van der Waals surface area contributed by atoms with E-state index >= 15 is 0 Å². The minimum atomic E-state index is -0.190. The van der Waals surface area contributed by atoms with Crippen molar-refractivity contribution >= 4 is 0 Å². The maximum atomic E-state index is 13.7. The molecule has 1 saturated heterocycles. The molecule has 0 amide bonds. The second kappa shape index (κ2) is 5.50. The van der Waals surface area contributed by atoms with E-state index in [0.717, 1.165) is 25.0 Å². The van der Waals surface area contributed by atoms with Gasteiger partial charge in [-0.2, -0.15) is 0 Å². The van der Waals surface area contributed by atoms with Crippen molar-refractivity contribution in [3.8, 4) is 5.75 Å². The Labute approximate surface area is 102 Å². The summed E-state index contributed by atoms with van der Waals surface area (Å²) in [4.78, 5) is 0. The van der Waals surface area contributed by atoms with E-state index in [9.17, 15) is 4.39 Å². The van der Waals surface area contributed by atoms with Crippen LogP contribution in [0, 0.1) is 5.82 Å². The summed E-state index contributed by atoms with van der Waals surface area (Å²) in [6, 6.07) is 5.09. The fraction of sp³-hybridized carbons (Fsp3) is 0.571. The molecule has 1 aliphatic rings. The van der Waals surface area contributed by atoms with Gasteiger partial charge in [0.25, 0.3) is 0 Å². The summed E-state index contributed by atoms with van der Waals surface area (Å²) in [6.45, 7) is 5.28. The predicted molar refractivity (Wildman–Crippen MR) is 65.0 cm³/mol. The molecular weight excluding hydrogens is 219 g/mol. The quantitative estimate of drug-likeness (QED) is 0.799. The van der Waals surface area contributed by atoms with E-state index in [4.69, 9.17) is 9.47 Å². The van der Waals surface area contributed by atoms with E-state index in [0.29, 0.717) is 12.4 Å². The third-order valence-corrected chi connectivity index (χ3v) is 3.05. The summed E-state index contributed by atoms with van der Waals surface area (Å²) in [7, 11) is 0. The standard InChI is InChI=1S/C14H19FO2/c1-10(2)13-6-5-11(8-14(13)15)17-9-12-4-3-7-16-12/h5-6,8,10,12H,3-4,7,9H2,1-2H3. The summed E-state index contributed by atoms with van der Waals surface area (Å²) >= 11 is 0. The highest BCUT2D eigenvalue weighted by Crippen LogP contribution is 2.23. The van der Waals surface area contributed by atoms with Crippen molar-refractivity contribution in [3.05, 3.63) is 29.6 Å². The summed E-state index contributed by atoms with van der Waals surface area (Å²) in [5.74, 6) is 0.592. The molecule has 0 bridgehead atoms. The highest BCUT2D eigenvalue weighted by Gasteiger charge is 2.16. The Bertz CT molecular complexity index is 370. The molecule has 1 aromatic carbocycles. The average Bonchev–Trinajstić information content (AvgIpc) is 2.78. The number of hydrogen-bond donors (Lipinski definition) is 0. The van der Waals surface area contributed by atoms with Crippen LogP contribution in [0.5, 0.6) is 5.75 Å². The smallest absolute Gasteiger partial charge is 0.130 e. The minimum Gasteiger partial charge on any atom is -0.491 e. The van der Waals surface area contributed by atoms with Gasteiger partial charge in [-0.05, 0) is 30.4 Å². The first-order chi connectivity index (χ1) is 8.16. The number of halogens is 1. The molecule has 3 heteroatoms. The van der Waals surface area contributed by atoms with Gasteiger partial charge in [0.15, 0.2) is 0 Å². The number of ether oxygens (including phenoxy) is 2. The zero-order valence-electron chi connectivity index (χ0n) is 10.4. The molecule has 2 rings (SSSR count). The zero-order chi connectivity index (χ0) is 12.3. The van der Waals surface area contributed by atoms with E-state index in [1.165, 1.54) is 6.07 Å². The van der Waals surface area contributed by atoms with E-state index < -0.39 is 0 Å². The van der Waals surface area contributed by atoms with E-state index in [-0.39, 0.29) is 17.8 Å². The van der Waals surface area contributed by atoms with Gasteiger partial charge in [-0.25, -0.2) is 4.39 Å². The van der Waals surface area contributed by atoms with Gasteiger partial charge in [-0.3, -0.25) is 0 Å². The van der Waals surface area contributed by atoms with Crippen molar-refractivity contribution in [3.63, 3.8) is 0 Å². The van der Waals surface area contributed by atoms with Crippen molar-refractivity contribution in [2.24, 2.45) is 0 Å². The molecule has 1 aromatic rings. The van der Waals surface area contributed by atoms with Gasteiger partial charge in [0.1, 0.15) is 18.2 Å². The van der Waals surface area contributed by atoms with Crippen LogP contribution < -0.4 is 4.74 Å². The topological polar surface area (TPSA) is 18.5 Å². The largest absolute Gasteiger partial charge is 0.491 e. The Morgan fingerprint density at radius 3 is 2.88 bits per heavy atom. The monoisotopic (exact) mass is 238 g/mol. The second-order valence-corrected chi connectivity index (χ2v) is 4.78. The second-order valence-electron chi connectivity index (χ2n) is 4.78. The van der Waals surface area contributed by atoms with Crippen molar-refractivity contribution in [2.45, 2.75) is 38.7 Å². The maximum absolute atomic E-state index is 13.7. The number of hydrogen-bond acceptors (Lipinski definition) is 2. The van der Waals surface area contributed by atoms with Crippen LogP contribution in [0.4, 0.5) is 4.39 Å². The Kier molecular flexibility index (Phi) is 4.00. The fourth-order valence-corrected chi connectivity index (χ4v) is 2.03. The van der Waals surface area contributed by atoms with Crippen molar-refractivity contribution in [1.82, 2.24) is 0 Å². The molecule has 1 atom stereocenters. The molecule has 0 N–H and O–H groups in total. The van der Waals surface area contributed by atoms with Crippen LogP contribution in [0.1, 0.15) is 38.2 Å². The van der Waals surface area contributed by atoms with Crippen LogP contribution in [0.25, 0.3) is 0 Å². The van der Waals surface area contributed by atoms with Crippen molar-refractivity contribution in [2.75, 3.05) is 13.2 Å². The van der Waals surface area contributed by atoms with Gasteiger partial charge in [-0.1, -0.05) is 19.9 Å². The van der Waals surface area contributed by atoms with Crippen LogP contribution in [-0.4, -0.2) is 19.3 Å². The first-order valence-electron chi connectivity index (χ1n) is 6.20. The van der Waals surface area contributed by atoms with Crippen molar-refractivity contribution in [1.29, 1.82) is 0 Å². The Morgan fingerprint density at radius 2 is 2.29 bits per heavy atom. The SMILES string of the molecule is CC(C)c1ccc(OCC2CCCO2)cc1F. The highest BCUT2D eigenvalue weighted by molar-refractivity contribution is 5.30. The molecule has 1 fully saturated rings. The third kappa shape index (κ3) is 3.19. The van der Waals surface area contributed by atoms with Gasteiger partial charge in [-0.15, -0.1) is 0 Å². The molecule has 1 aliphatic heterocycles. The van der Waals surface area contributed by atoms with Gasteiger partial charge in [0.2, 0.25) is 0 Å². The first-order valence-corrected chi connectivity index (χ1v) is 6.20. The molecule has 17 heavy (non-hydrogen) atoms. The molecule has 2 nitrogen and oxygen atoms in total. The van der Waals surface area contributed by atoms with Gasteiger partial charge >= 0.3 is 0 Å². The lowest BCUT2D eigenvalue weighted by Gasteiger charge is -2.13. The fourth-order valence-electron chi connectivity index (χ4n) is 2.03. The maximum Gasteiger partial charge on any atom is 0.130 e. The molecule has 1 heterocycles. The van der Waals surface area contributed by atoms with Crippen LogP contribution in [0.2, 0.25) is 0 Å². The van der Waals surface area contributed by atoms with Crippen LogP contribution in [0.15, 0.2) is 18.2 Å². The summed E-state index contributed by atoms with van der Waals surface area (Å²) in [6.07, 6.45) is 2.30. The average molecular weight is 238 g/mol. The van der Waals surface area contributed by atoms with E-state index in [1.807, 2.05) is 19.9 Å². The molecule has 0 aliphatic carbocycles. The van der Waals surface area contributed by atoms with Gasteiger partial charge < -0.3 is 9.47 Å². The van der Waals surface area contributed by atoms with E-state index in [1.54, 1.807) is 6.07 Å². The molecule has 0 saturated carbocycles. The lowest BCUT2D eigenvalue weighted by atomic mass is 10.0. The number of benzene rings is 1. The van der Waals surface area contributed by atoms with Crippen LogP contribution >= 0.6 is 0 Å². The highest BCUT2D eigenvalue weighted by atomic mass is 19.1. The predicted octanol–water partition coefficient (Wildman–Crippen LogP) is 3.51. The van der Waals surface area contributed by atoms with Crippen LogP contribution in [-0.2, 0) is 4.74 Å². The van der Waals surface area contributed by atoms with Gasteiger partial charge in [0, 0.05) is 12.7 Å². The summed E-state index contributed by atoms with van der Waals surface area (Å²) in [5, 5.41) is 0. The minimum absolute atomic E-state index is 0.169. The molecule has 0 spiro atoms. The first kappa shape index (κ1) is 12.4. The molecule has 94 valence electrons. The molecule has 1 unspecified atom stereocenters. The lowest BCUT2D eigenvalue weighted by Crippen LogP contribution is -2.16. The van der Waals surface area contributed by atoms with Gasteiger partial charge in [0.05, 0.1) is 6.10 Å². The molecule has 0 aromatic heterocycles. The summed E-state index contributed by atoms with van der Waals surface area (Å²) < 4.78 is 24.7. The Morgan fingerprint density at radius 1 is 1.47 bits per heavy atom. The Balaban J connectivity index is 1.94. The summed E-state index contributed by atoms with van der Waals surface area (Å²) in [5.41, 5.74) is 0.731. The number of rotatable bonds is 4. The van der Waals surface area contributed by atoms with Crippen LogP contribution in [0.3, 0.4) is 0 Å². The van der Waals surface area contributed by atoms with Crippen molar-refractivity contribution < 1.29 is 13.9 Å². The lowest BCUT2D eigenvalue weighted by molar-refractivity contribution is 0.0678. The third-order valence-electron chi connectivity index (χ3n) is 3.05. The zero-order valence-corrected chi connectivity index (χ0v) is 10.4. The normalized spacial score (nSPS) is 19.9. The Hall–Kier alpha value is -1.09. The molecule has 0 radical (unpaired) electrons. The molecular formula is C14H19FO2.